The van der Waals surface area contributed by atoms with Crippen LogP contribution in [0.2, 0.25) is 0 Å². The summed E-state index contributed by atoms with van der Waals surface area (Å²) >= 11 is 0. The Kier molecular flexibility index (Phi) is 8.72. The third-order valence-corrected chi connectivity index (χ3v) is 5.31. The predicted molar refractivity (Wildman–Crippen MR) is 120 cm³/mol. The lowest BCUT2D eigenvalue weighted by Crippen LogP contribution is -2.14. The summed E-state index contributed by atoms with van der Waals surface area (Å²) in [6, 6.07) is 13.3. The van der Waals surface area contributed by atoms with Crippen LogP contribution in [0.5, 0.6) is 0 Å². The van der Waals surface area contributed by atoms with Gasteiger partial charge in [-0.05, 0) is 107 Å². The SMILES string of the molecule is Cc1ccc(CCCC(=NOCCCN(C)C)c2ccc(C)c(C)c2)cc1C. The minimum Gasteiger partial charge on any atom is -0.396 e. The molecule has 0 aromatic heterocycles. The van der Waals surface area contributed by atoms with Crippen molar-refractivity contribution in [2.45, 2.75) is 53.4 Å². The molecule has 0 aliphatic heterocycles. The number of aryl methyl sites for hydroxylation is 5. The number of hydrogen-bond donors (Lipinski definition) is 0. The molecule has 3 heteroatoms. The number of oxime groups is 1. The standard InChI is InChI=1S/C25H36N2O/c1-19-11-13-23(17-21(19)3)9-7-10-25(26-28-16-8-15-27(5)6)24-14-12-20(2)22(4)18-24/h11-14,17-18H,7-10,15-16H2,1-6H3. The molecule has 0 amide bonds. The molecule has 0 atom stereocenters. The molecule has 0 saturated heterocycles. The van der Waals surface area contributed by atoms with Crippen LogP contribution in [0.25, 0.3) is 0 Å². The molecule has 0 radical (unpaired) electrons. The smallest absolute Gasteiger partial charge is 0.118 e. The molecule has 2 aromatic rings. The Bertz CT molecular complexity index is 793. The average molecular weight is 381 g/mol. The maximum absolute atomic E-state index is 5.67. The first kappa shape index (κ1) is 22.2. The second kappa shape index (κ2) is 11.0. The summed E-state index contributed by atoms with van der Waals surface area (Å²) in [4.78, 5) is 7.84. The van der Waals surface area contributed by atoms with Gasteiger partial charge in [0.15, 0.2) is 0 Å². The lowest BCUT2D eigenvalue weighted by molar-refractivity contribution is 0.134. The molecule has 0 unspecified atom stereocenters. The molecule has 0 aliphatic rings. The fourth-order valence-corrected chi connectivity index (χ4v) is 3.15. The second-order valence-corrected chi connectivity index (χ2v) is 8.10. The van der Waals surface area contributed by atoms with Crippen LogP contribution in [-0.2, 0) is 11.3 Å². The predicted octanol–water partition coefficient (Wildman–Crippen LogP) is 5.62. The zero-order chi connectivity index (χ0) is 20.5. The van der Waals surface area contributed by atoms with Crippen LogP contribution in [0.15, 0.2) is 41.6 Å². The van der Waals surface area contributed by atoms with Crippen molar-refractivity contribution in [3.05, 3.63) is 69.8 Å². The van der Waals surface area contributed by atoms with Crippen molar-refractivity contribution < 1.29 is 4.84 Å². The van der Waals surface area contributed by atoms with E-state index in [0.29, 0.717) is 6.61 Å². The summed E-state index contributed by atoms with van der Waals surface area (Å²) in [5, 5.41) is 4.52. The molecule has 3 nitrogen and oxygen atoms in total. The summed E-state index contributed by atoms with van der Waals surface area (Å²) in [6.45, 7) is 10.3. The summed E-state index contributed by atoms with van der Waals surface area (Å²) in [7, 11) is 4.16. The van der Waals surface area contributed by atoms with Crippen LogP contribution in [0.3, 0.4) is 0 Å². The zero-order valence-electron chi connectivity index (χ0n) is 18.5. The van der Waals surface area contributed by atoms with Gasteiger partial charge in [-0.15, -0.1) is 0 Å². The van der Waals surface area contributed by atoms with Gasteiger partial charge in [0.05, 0.1) is 5.71 Å². The molecule has 0 N–H and O–H groups in total. The zero-order valence-corrected chi connectivity index (χ0v) is 18.5. The van der Waals surface area contributed by atoms with E-state index >= 15 is 0 Å². The van der Waals surface area contributed by atoms with E-state index in [2.05, 4.69) is 88.2 Å². The number of rotatable bonds is 10. The maximum atomic E-state index is 5.67. The molecule has 0 fully saturated rings. The van der Waals surface area contributed by atoms with Crippen molar-refractivity contribution in [3.63, 3.8) is 0 Å². The molecule has 0 aliphatic carbocycles. The van der Waals surface area contributed by atoms with Crippen LogP contribution < -0.4 is 0 Å². The largest absolute Gasteiger partial charge is 0.396 e. The van der Waals surface area contributed by atoms with Crippen molar-refractivity contribution in [2.24, 2.45) is 5.16 Å². The Morgan fingerprint density at radius 1 is 0.857 bits per heavy atom. The van der Waals surface area contributed by atoms with Crippen LogP contribution >= 0.6 is 0 Å². The first-order valence-corrected chi connectivity index (χ1v) is 10.3. The molecular weight excluding hydrogens is 344 g/mol. The Labute approximate surface area is 171 Å². The number of hydrogen-bond acceptors (Lipinski definition) is 3. The molecule has 2 rings (SSSR count). The van der Waals surface area contributed by atoms with E-state index in [1.165, 1.54) is 33.4 Å². The van der Waals surface area contributed by atoms with Crippen molar-refractivity contribution in [1.29, 1.82) is 0 Å². The fraction of sp³-hybridized carbons (Fsp3) is 0.480. The summed E-state index contributed by atoms with van der Waals surface area (Å²) in [6.07, 6.45) is 4.03. The van der Waals surface area contributed by atoms with Gasteiger partial charge in [-0.1, -0.05) is 35.5 Å². The maximum Gasteiger partial charge on any atom is 0.118 e. The van der Waals surface area contributed by atoms with Crippen molar-refractivity contribution in [2.75, 3.05) is 27.2 Å². The van der Waals surface area contributed by atoms with Crippen LogP contribution in [-0.4, -0.2) is 37.9 Å². The molecule has 2 aromatic carbocycles. The summed E-state index contributed by atoms with van der Waals surface area (Å²) in [5.74, 6) is 0. The third kappa shape index (κ3) is 7.12. The molecule has 0 saturated carbocycles. The highest BCUT2D eigenvalue weighted by Crippen LogP contribution is 2.16. The highest BCUT2D eigenvalue weighted by Gasteiger charge is 2.07. The van der Waals surface area contributed by atoms with Crippen molar-refractivity contribution in [1.82, 2.24) is 4.90 Å². The van der Waals surface area contributed by atoms with E-state index in [4.69, 9.17) is 4.84 Å². The van der Waals surface area contributed by atoms with Gasteiger partial charge in [0.1, 0.15) is 6.61 Å². The van der Waals surface area contributed by atoms with Gasteiger partial charge in [-0.2, -0.15) is 0 Å². The Balaban J connectivity index is 2.02. The number of nitrogens with zero attached hydrogens (tertiary/aromatic N) is 2. The van der Waals surface area contributed by atoms with Gasteiger partial charge >= 0.3 is 0 Å². The van der Waals surface area contributed by atoms with Crippen molar-refractivity contribution >= 4 is 5.71 Å². The highest BCUT2D eigenvalue weighted by atomic mass is 16.6. The quantitative estimate of drug-likeness (QED) is 0.304. The van der Waals surface area contributed by atoms with E-state index < -0.39 is 0 Å². The first-order valence-electron chi connectivity index (χ1n) is 10.3. The topological polar surface area (TPSA) is 24.8 Å². The highest BCUT2D eigenvalue weighted by molar-refractivity contribution is 6.00. The van der Waals surface area contributed by atoms with E-state index in [9.17, 15) is 0 Å². The van der Waals surface area contributed by atoms with E-state index in [1.54, 1.807) is 0 Å². The van der Waals surface area contributed by atoms with Crippen LogP contribution in [0.1, 0.15) is 52.6 Å². The van der Waals surface area contributed by atoms with E-state index in [0.717, 1.165) is 37.9 Å². The number of benzene rings is 2. The third-order valence-electron chi connectivity index (χ3n) is 5.31. The Hall–Kier alpha value is -2.13. The van der Waals surface area contributed by atoms with E-state index in [1.807, 2.05) is 0 Å². The van der Waals surface area contributed by atoms with Crippen LogP contribution in [0, 0.1) is 27.7 Å². The van der Waals surface area contributed by atoms with Gasteiger partial charge in [0.25, 0.3) is 0 Å². The molecule has 0 heterocycles. The normalized spacial score (nSPS) is 11.9. The minimum atomic E-state index is 0.656. The molecule has 152 valence electrons. The van der Waals surface area contributed by atoms with Gasteiger partial charge in [0, 0.05) is 6.54 Å². The van der Waals surface area contributed by atoms with E-state index in [-0.39, 0.29) is 0 Å². The summed E-state index contributed by atoms with van der Waals surface area (Å²) in [5.41, 5.74) is 8.95. The lowest BCUT2D eigenvalue weighted by Gasteiger charge is -2.11. The molecule has 0 bridgehead atoms. The Morgan fingerprint density at radius 2 is 1.54 bits per heavy atom. The molecule has 0 spiro atoms. The Morgan fingerprint density at radius 3 is 2.18 bits per heavy atom. The van der Waals surface area contributed by atoms with Gasteiger partial charge < -0.3 is 9.74 Å². The minimum absolute atomic E-state index is 0.656. The molecule has 28 heavy (non-hydrogen) atoms. The fourth-order valence-electron chi connectivity index (χ4n) is 3.15. The second-order valence-electron chi connectivity index (χ2n) is 8.10. The van der Waals surface area contributed by atoms with Crippen molar-refractivity contribution in [3.8, 4) is 0 Å². The van der Waals surface area contributed by atoms with Gasteiger partial charge in [-0.25, -0.2) is 0 Å². The average Bonchev–Trinajstić information content (AvgIpc) is 2.65. The summed E-state index contributed by atoms with van der Waals surface area (Å²) < 4.78 is 0. The lowest BCUT2D eigenvalue weighted by atomic mass is 9.98. The van der Waals surface area contributed by atoms with Gasteiger partial charge in [0.2, 0.25) is 0 Å². The van der Waals surface area contributed by atoms with Gasteiger partial charge in [-0.3, -0.25) is 0 Å². The molecular formula is C25H36N2O. The monoisotopic (exact) mass is 380 g/mol. The van der Waals surface area contributed by atoms with Crippen LogP contribution in [0.4, 0.5) is 0 Å². The first-order chi connectivity index (χ1) is 13.4.